The Morgan fingerprint density at radius 3 is 2.44 bits per heavy atom. The second-order valence-electron chi connectivity index (χ2n) is 8.98. The molecule has 0 N–H and O–H groups in total. The molecule has 3 aromatic rings. The molecule has 0 aliphatic carbocycles. The van der Waals surface area contributed by atoms with Gasteiger partial charge in [-0.2, -0.15) is 0 Å². The molecule has 1 unspecified atom stereocenters. The number of hydrogen-bond donors (Lipinski definition) is 0. The van der Waals surface area contributed by atoms with Crippen molar-refractivity contribution in [3.63, 3.8) is 0 Å². The molecule has 1 amide bonds. The Morgan fingerprint density at radius 2 is 1.69 bits per heavy atom. The van der Waals surface area contributed by atoms with Gasteiger partial charge in [0.15, 0.2) is 23.0 Å². The molecule has 0 spiro atoms. The highest BCUT2D eigenvalue weighted by Gasteiger charge is 2.32. The molecule has 202 valence electrons. The van der Waals surface area contributed by atoms with Gasteiger partial charge in [-0.05, 0) is 77.7 Å². The van der Waals surface area contributed by atoms with Gasteiger partial charge >= 0.3 is 5.97 Å². The number of benzene rings is 3. The van der Waals surface area contributed by atoms with Crippen LogP contribution in [0.5, 0.6) is 28.7 Å². The zero-order valence-corrected chi connectivity index (χ0v) is 22.0. The number of carbonyl (C=O) groups is 2. The number of hydrogen-bond acceptors (Lipinski definition) is 8. The molecule has 5 rings (SSSR count). The first kappa shape index (κ1) is 26.0. The Kier molecular flexibility index (Phi) is 7.58. The maximum Gasteiger partial charge on any atom is 0.337 e. The van der Waals surface area contributed by atoms with Crippen LogP contribution in [0.1, 0.15) is 33.1 Å². The first-order chi connectivity index (χ1) is 19.0. The molecule has 0 aromatic heterocycles. The third-order valence-electron chi connectivity index (χ3n) is 6.78. The van der Waals surface area contributed by atoms with Crippen LogP contribution in [0.25, 0.3) is 6.08 Å². The Balaban J connectivity index is 1.40. The number of amides is 1. The third kappa shape index (κ3) is 5.47. The van der Waals surface area contributed by atoms with Crippen LogP contribution in [-0.4, -0.2) is 58.1 Å². The topological polar surface area (TPSA) is 92.8 Å². The second kappa shape index (κ2) is 11.4. The summed E-state index contributed by atoms with van der Waals surface area (Å²) in [4.78, 5) is 27.0. The maximum absolute atomic E-state index is 13.5. The largest absolute Gasteiger partial charge is 0.493 e. The Labute approximate surface area is 226 Å². The average Bonchev–Trinajstić information content (AvgIpc) is 3.45. The van der Waals surface area contributed by atoms with Crippen molar-refractivity contribution in [1.29, 1.82) is 0 Å². The third-order valence-corrected chi connectivity index (χ3v) is 6.78. The lowest BCUT2D eigenvalue weighted by Crippen LogP contribution is -2.41. The van der Waals surface area contributed by atoms with Crippen LogP contribution in [0.4, 0.5) is 0 Å². The summed E-state index contributed by atoms with van der Waals surface area (Å²) < 4.78 is 32.7. The molecule has 2 aliphatic heterocycles. The zero-order chi connectivity index (χ0) is 27.4. The van der Waals surface area contributed by atoms with Crippen LogP contribution in [0.2, 0.25) is 0 Å². The summed E-state index contributed by atoms with van der Waals surface area (Å²) in [5.41, 5.74) is 3.24. The minimum Gasteiger partial charge on any atom is -0.493 e. The van der Waals surface area contributed by atoms with Crippen molar-refractivity contribution in [1.82, 2.24) is 4.90 Å². The van der Waals surface area contributed by atoms with E-state index in [-0.39, 0.29) is 25.3 Å². The molecular weight excluding hydrogens is 502 g/mol. The fourth-order valence-corrected chi connectivity index (χ4v) is 4.73. The van der Waals surface area contributed by atoms with Gasteiger partial charge in [0.25, 0.3) is 0 Å². The maximum atomic E-state index is 13.5. The van der Waals surface area contributed by atoms with Crippen LogP contribution < -0.4 is 23.7 Å². The average molecular weight is 532 g/mol. The van der Waals surface area contributed by atoms with Crippen molar-refractivity contribution in [3.8, 4) is 28.7 Å². The molecule has 1 atom stereocenters. The molecule has 3 aromatic carbocycles. The molecule has 0 bridgehead atoms. The highest BCUT2D eigenvalue weighted by Crippen LogP contribution is 2.39. The van der Waals surface area contributed by atoms with Crippen molar-refractivity contribution in [2.75, 3.05) is 41.3 Å². The van der Waals surface area contributed by atoms with E-state index in [9.17, 15) is 9.59 Å². The van der Waals surface area contributed by atoms with Crippen LogP contribution in [0.15, 0.2) is 60.7 Å². The summed E-state index contributed by atoms with van der Waals surface area (Å²) in [6, 6.07) is 15.7. The van der Waals surface area contributed by atoms with Crippen molar-refractivity contribution in [3.05, 3.63) is 82.9 Å². The fraction of sp³-hybridized carbons (Fsp3) is 0.267. The van der Waals surface area contributed by atoms with Crippen molar-refractivity contribution in [2.45, 2.75) is 12.5 Å². The summed E-state index contributed by atoms with van der Waals surface area (Å²) in [6.07, 6.45) is 3.98. The van der Waals surface area contributed by atoms with E-state index in [1.54, 1.807) is 55.5 Å². The van der Waals surface area contributed by atoms with E-state index in [0.29, 0.717) is 47.3 Å². The van der Waals surface area contributed by atoms with Gasteiger partial charge in [-0.15, -0.1) is 0 Å². The van der Waals surface area contributed by atoms with Crippen molar-refractivity contribution >= 4 is 18.0 Å². The second-order valence-corrected chi connectivity index (χ2v) is 8.98. The number of fused-ring (bicyclic) bond motifs is 2. The van der Waals surface area contributed by atoms with Gasteiger partial charge in [-0.25, -0.2) is 4.79 Å². The van der Waals surface area contributed by atoms with Gasteiger partial charge in [0, 0.05) is 12.6 Å². The lowest BCUT2D eigenvalue weighted by molar-refractivity contribution is -0.129. The number of nitrogens with zero attached hydrogens (tertiary/aromatic N) is 1. The molecule has 0 saturated carbocycles. The molecule has 9 heteroatoms. The van der Waals surface area contributed by atoms with Gasteiger partial charge in [-0.3, -0.25) is 4.79 Å². The van der Waals surface area contributed by atoms with Crippen LogP contribution >= 0.6 is 0 Å². The Bertz CT molecular complexity index is 1400. The number of ether oxygens (including phenoxy) is 6. The normalized spacial score (nSPS) is 15.6. The fourth-order valence-electron chi connectivity index (χ4n) is 4.73. The molecule has 0 radical (unpaired) electrons. The Hall–Kier alpha value is -4.66. The lowest BCUT2D eigenvalue weighted by Gasteiger charge is -2.37. The molecule has 2 heterocycles. The lowest BCUT2D eigenvalue weighted by atomic mass is 9.92. The van der Waals surface area contributed by atoms with Crippen LogP contribution in [-0.2, 0) is 16.0 Å². The summed E-state index contributed by atoms with van der Waals surface area (Å²) >= 11 is 0. The van der Waals surface area contributed by atoms with E-state index in [1.807, 2.05) is 30.3 Å². The van der Waals surface area contributed by atoms with Crippen LogP contribution in [0, 0.1) is 0 Å². The Morgan fingerprint density at radius 1 is 0.949 bits per heavy atom. The van der Waals surface area contributed by atoms with E-state index < -0.39 is 5.97 Å². The monoisotopic (exact) mass is 531 g/mol. The first-order valence-corrected chi connectivity index (χ1v) is 12.4. The number of methoxy groups -OCH3 is 3. The molecule has 9 nitrogen and oxygen atoms in total. The SMILES string of the molecule is COC(=O)c1ccc(OCC2c3cc(OC)c(OC)cc3CCN2C(=O)/C=C/c2ccc3c(c2)OCO3)cc1. The predicted octanol–water partition coefficient (Wildman–Crippen LogP) is 4.44. The summed E-state index contributed by atoms with van der Waals surface area (Å²) in [7, 11) is 4.52. The van der Waals surface area contributed by atoms with E-state index in [2.05, 4.69) is 0 Å². The minimum atomic E-state index is -0.421. The van der Waals surface area contributed by atoms with Crippen LogP contribution in [0.3, 0.4) is 0 Å². The van der Waals surface area contributed by atoms with E-state index in [4.69, 9.17) is 28.4 Å². The van der Waals surface area contributed by atoms with Crippen molar-refractivity contribution in [2.24, 2.45) is 0 Å². The highest BCUT2D eigenvalue weighted by molar-refractivity contribution is 5.92. The molecule has 0 fully saturated rings. The van der Waals surface area contributed by atoms with E-state index in [0.717, 1.165) is 16.7 Å². The van der Waals surface area contributed by atoms with Gasteiger partial charge in [0.2, 0.25) is 12.7 Å². The quantitative estimate of drug-likeness (QED) is 0.311. The summed E-state index contributed by atoms with van der Waals surface area (Å²) in [5.74, 6) is 2.55. The van der Waals surface area contributed by atoms with Crippen molar-refractivity contribution < 1.29 is 38.0 Å². The zero-order valence-electron chi connectivity index (χ0n) is 22.0. The van der Waals surface area contributed by atoms with Gasteiger partial charge in [0.05, 0.1) is 32.9 Å². The molecular formula is C30H29NO8. The highest BCUT2D eigenvalue weighted by atomic mass is 16.7. The van der Waals surface area contributed by atoms with E-state index >= 15 is 0 Å². The predicted molar refractivity (Wildman–Crippen MR) is 143 cm³/mol. The summed E-state index contributed by atoms with van der Waals surface area (Å²) in [6.45, 7) is 0.891. The molecule has 39 heavy (non-hydrogen) atoms. The smallest absolute Gasteiger partial charge is 0.337 e. The molecule has 2 aliphatic rings. The number of esters is 1. The van der Waals surface area contributed by atoms with Gasteiger partial charge in [0.1, 0.15) is 12.4 Å². The first-order valence-electron chi connectivity index (χ1n) is 12.4. The molecule has 0 saturated heterocycles. The van der Waals surface area contributed by atoms with E-state index in [1.165, 1.54) is 7.11 Å². The van der Waals surface area contributed by atoms with Gasteiger partial charge < -0.3 is 33.3 Å². The van der Waals surface area contributed by atoms with Gasteiger partial charge in [-0.1, -0.05) is 6.07 Å². The minimum absolute atomic E-state index is 0.150. The standard InChI is InChI=1S/C30H29NO8/c1-34-26-15-21-12-13-31(29(32)11-5-19-4-10-25-28(14-19)39-18-38-25)24(23(21)16-27(26)35-2)17-37-22-8-6-20(7-9-22)30(33)36-3/h4-11,14-16,24H,12-13,17-18H2,1-3H3/b11-5+. The number of rotatable bonds is 8. The number of carbonyl (C=O) groups excluding carboxylic acids is 2. The summed E-state index contributed by atoms with van der Waals surface area (Å²) in [5, 5.41) is 0.